The summed E-state index contributed by atoms with van der Waals surface area (Å²) in [6.45, 7) is 4.32. The maximum absolute atomic E-state index is 6.14. The first-order valence-corrected chi connectivity index (χ1v) is 8.79. The first-order valence-electron chi connectivity index (χ1n) is 8.79. The number of nitrogens with one attached hydrogen (secondary N) is 1. The van der Waals surface area contributed by atoms with Crippen LogP contribution in [0.15, 0.2) is 29.3 Å². The van der Waals surface area contributed by atoms with Crippen molar-refractivity contribution in [3.05, 3.63) is 29.8 Å². The van der Waals surface area contributed by atoms with Gasteiger partial charge in [0.15, 0.2) is 5.96 Å². The Morgan fingerprint density at radius 3 is 3.17 bits per heavy atom. The van der Waals surface area contributed by atoms with Gasteiger partial charge in [0, 0.05) is 31.7 Å². The number of nitrogens with zero attached hydrogens (tertiary/aromatic N) is 2. The summed E-state index contributed by atoms with van der Waals surface area (Å²) in [5.41, 5.74) is 7.30. The molecule has 0 radical (unpaired) electrons. The van der Waals surface area contributed by atoms with Crippen LogP contribution in [0.2, 0.25) is 0 Å². The maximum atomic E-state index is 6.14. The zero-order chi connectivity index (χ0) is 16.8. The smallest absolute Gasteiger partial charge is 0.189 e. The Morgan fingerprint density at radius 2 is 2.29 bits per heavy atom. The Bertz CT molecular complexity index is 564. The largest absolute Gasteiger partial charge is 0.493 e. The maximum Gasteiger partial charge on any atom is 0.189 e. The normalized spacial score (nSPS) is 24.5. The summed E-state index contributed by atoms with van der Waals surface area (Å²) in [7, 11) is 1.75. The average Bonchev–Trinajstić information content (AvgIpc) is 3.06. The highest BCUT2D eigenvalue weighted by Crippen LogP contribution is 2.31. The van der Waals surface area contributed by atoms with E-state index in [2.05, 4.69) is 21.3 Å². The molecule has 0 spiro atoms. The minimum atomic E-state index is 0.173. The number of aliphatic imine (C=N–C) groups is 1. The average molecular weight is 332 g/mol. The number of hydrogen-bond donors (Lipinski definition) is 2. The Kier molecular flexibility index (Phi) is 5.93. The standard InChI is InChI=1S/C18H28N4O2/c1-23-12-10-22-9-4-5-14(22)13-20-18(19)21-16-8-11-24-17-7-3-2-6-15(16)17/h2-3,6-7,14,16H,4-5,8-13H2,1H3,(H3,19,20,21). The first kappa shape index (κ1) is 17.0. The molecular formula is C18H28N4O2. The third-order valence-electron chi connectivity index (χ3n) is 4.83. The summed E-state index contributed by atoms with van der Waals surface area (Å²) in [5.74, 6) is 1.46. The highest BCUT2D eigenvalue weighted by molar-refractivity contribution is 5.78. The monoisotopic (exact) mass is 332 g/mol. The number of hydrogen-bond acceptors (Lipinski definition) is 4. The molecule has 2 heterocycles. The van der Waals surface area contributed by atoms with Crippen LogP contribution in [0, 0.1) is 0 Å². The second-order valence-electron chi connectivity index (χ2n) is 6.42. The summed E-state index contributed by atoms with van der Waals surface area (Å²) in [4.78, 5) is 7.04. The molecule has 6 nitrogen and oxygen atoms in total. The third kappa shape index (κ3) is 4.19. The molecule has 0 amide bonds. The molecule has 1 aromatic carbocycles. The van der Waals surface area contributed by atoms with E-state index in [-0.39, 0.29) is 6.04 Å². The Hall–Kier alpha value is -1.79. The van der Waals surface area contributed by atoms with Gasteiger partial charge in [-0.3, -0.25) is 9.89 Å². The molecule has 0 bridgehead atoms. The number of likely N-dealkylation sites (tertiary alicyclic amines) is 1. The summed E-state index contributed by atoms with van der Waals surface area (Å²) in [6.07, 6.45) is 3.31. The van der Waals surface area contributed by atoms with E-state index in [9.17, 15) is 0 Å². The van der Waals surface area contributed by atoms with Gasteiger partial charge in [0.2, 0.25) is 0 Å². The predicted molar refractivity (Wildman–Crippen MR) is 95.4 cm³/mol. The van der Waals surface area contributed by atoms with Crippen molar-refractivity contribution in [2.24, 2.45) is 10.7 Å². The van der Waals surface area contributed by atoms with Crippen LogP contribution in [-0.2, 0) is 4.74 Å². The molecule has 3 rings (SSSR count). The number of rotatable bonds is 6. The zero-order valence-corrected chi connectivity index (χ0v) is 14.4. The second kappa shape index (κ2) is 8.35. The number of nitrogens with two attached hydrogens (primary N) is 1. The quantitative estimate of drug-likeness (QED) is 0.610. The molecular weight excluding hydrogens is 304 g/mol. The summed E-state index contributed by atoms with van der Waals surface area (Å²) >= 11 is 0. The van der Waals surface area contributed by atoms with Gasteiger partial charge in [-0.2, -0.15) is 0 Å². The minimum absolute atomic E-state index is 0.173. The van der Waals surface area contributed by atoms with Crippen molar-refractivity contribution in [1.82, 2.24) is 10.2 Å². The summed E-state index contributed by atoms with van der Waals surface area (Å²) in [6, 6.07) is 8.76. The highest BCUT2D eigenvalue weighted by atomic mass is 16.5. The van der Waals surface area contributed by atoms with Gasteiger partial charge in [-0.05, 0) is 25.5 Å². The van der Waals surface area contributed by atoms with Crippen molar-refractivity contribution in [3.8, 4) is 5.75 Å². The van der Waals surface area contributed by atoms with E-state index in [1.807, 2.05) is 18.2 Å². The van der Waals surface area contributed by atoms with Crippen LogP contribution in [0.5, 0.6) is 5.75 Å². The molecule has 0 aromatic heterocycles. The van der Waals surface area contributed by atoms with Crippen LogP contribution >= 0.6 is 0 Å². The van der Waals surface area contributed by atoms with Crippen molar-refractivity contribution in [2.75, 3.05) is 40.0 Å². The molecule has 132 valence electrons. The highest BCUT2D eigenvalue weighted by Gasteiger charge is 2.24. The number of guanidine groups is 1. The first-order chi connectivity index (χ1) is 11.8. The van der Waals surface area contributed by atoms with Gasteiger partial charge in [-0.15, -0.1) is 0 Å². The molecule has 6 heteroatoms. The van der Waals surface area contributed by atoms with Crippen LogP contribution in [0.4, 0.5) is 0 Å². The van der Waals surface area contributed by atoms with E-state index < -0.39 is 0 Å². The Morgan fingerprint density at radius 1 is 1.42 bits per heavy atom. The van der Waals surface area contributed by atoms with Crippen molar-refractivity contribution < 1.29 is 9.47 Å². The van der Waals surface area contributed by atoms with Crippen LogP contribution in [0.1, 0.15) is 30.9 Å². The molecule has 1 aromatic rings. The van der Waals surface area contributed by atoms with Crippen molar-refractivity contribution in [2.45, 2.75) is 31.3 Å². The van der Waals surface area contributed by atoms with Gasteiger partial charge in [0.05, 0.1) is 25.8 Å². The Labute approximate surface area is 144 Å². The molecule has 2 unspecified atom stereocenters. The van der Waals surface area contributed by atoms with Crippen molar-refractivity contribution >= 4 is 5.96 Å². The van der Waals surface area contributed by atoms with Crippen LogP contribution in [0.25, 0.3) is 0 Å². The van der Waals surface area contributed by atoms with Crippen LogP contribution < -0.4 is 15.8 Å². The van der Waals surface area contributed by atoms with E-state index >= 15 is 0 Å². The van der Waals surface area contributed by atoms with Gasteiger partial charge < -0.3 is 20.5 Å². The third-order valence-corrected chi connectivity index (χ3v) is 4.83. The minimum Gasteiger partial charge on any atom is -0.493 e. The zero-order valence-electron chi connectivity index (χ0n) is 14.4. The lowest BCUT2D eigenvalue weighted by atomic mass is 10.0. The van der Waals surface area contributed by atoms with Gasteiger partial charge in [-0.25, -0.2) is 0 Å². The lowest BCUT2D eigenvalue weighted by Crippen LogP contribution is -2.39. The topological polar surface area (TPSA) is 72.1 Å². The van der Waals surface area contributed by atoms with Crippen molar-refractivity contribution in [3.63, 3.8) is 0 Å². The van der Waals surface area contributed by atoms with Crippen LogP contribution in [0.3, 0.4) is 0 Å². The summed E-state index contributed by atoms with van der Waals surface area (Å²) in [5, 5.41) is 3.36. The molecule has 24 heavy (non-hydrogen) atoms. The number of fused-ring (bicyclic) bond motifs is 1. The summed E-state index contributed by atoms with van der Waals surface area (Å²) < 4.78 is 10.9. The molecule has 3 N–H and O–H groups in total. The van der Waals surface area contributed by atoms with Gasteiger partial charge in [0.25, 0.3) is 0 Å². The molecule has 0 saturated carbocycles. The molecule has 2 aliphatic heterocycles. The predicted octanol–water partition coefficient (Wildman–Crippen LogP) is 1.53. The van der Waals surface area contributed by atoms with E-state index in [1.165, 1.54) is 12.8 Å². The van der Waals surface area contributed by atoms with Crippen molar-refractivity contribution in [1.29, 1.82) is 0 Å². The second-order valence-corrected chi connectivity index (χ2v) is 6.42. The lowest BCUT2D eigenvalue weighted by Gasteiger charge is -2.27. The number of para-hydroxylation sites is 1. The fourth-order valence-electron chi connectivity index (χ4n) is 3.52. The molecule has 0 aliphatic carbocycles. The van der Waals surface area contributed by atoms with E-state index in [0.29, 0.717) is 18.6 Å². The number of methoxy groups -OCH3 is 1. The number of ether oxygens (including phenoxy) is 2. The molecule has 1 saturated heterocycles. The number of benzene rings is 1. The van der Waals surface area contributed by atoms with E-state index in [4.69, 9.17) is 15.2 Å². The lowest BCUT2D eigenvalue weighted by molar-refractivity contribution is 0.143. The van der Waals surface area contributed by atoms with E-state index in [0.717, 1.165) is 44.0 Å². The van der Waals surface area contributed by atoms with Gasteiger partial charge in [-0.1, -0.05) is 18.2 Å². The molecule has 2 atom stereocenters. The van der Waals surface area contributed by atoms with Gasteiger partial charge in [0.1, 0.15) is 5.75 Å². The fraction of sp³-hybridized carbons (Fsp3) is 0.611. The van der Waals surface area contributed by atoms with Gasteiger partial charge >= 0.3 is 0 Å². The van der Waals surface area contributed by atoms with E-state index in [1.54, 1.807) is 7.11 Å². The fourth-order valence-corrected chi connectivity index (χ4v) is 3.52. The molecule has 2 aliphatic rings. The van der Waals surface area contributed by atoms with Crippen LogP contribution in [-0.4, -0.2) is 56.9 Å². The molecule has 1 fully saturated rings. The SMILES string of the molecule is COCCN1CCCC1CN=C(N)NC1CCOc2ccccc21. The Balaban J connectivity index is 1.55.